The minimum absolute atomic E-state index is 0.00323. The lowest BCUT2D eigenvalue weighted by atomic mass is 10.2. The summed E-state index contributed by atoms with van der Waals surface area (Å²) in [5.74, 6) is 1.05. The molecule has 2 N–H and O–H groups in total. The molecule has 1 saturated carbocycles. The third-order valence-corrected chi connectivity index (χ3v) is 5.98. The first kappa shape index (κ1) is 20.3. The van der Waals surface area contributed by atoms with Gasteiger partial charge in [0.2, 0.25) is 5.91 Å². The number of ether oxygens (including phenoxy) is 1. The van der Waals surface area contributed by atoms with Crippen molar-refractivity contribution < 1.29 is 14.3 Å². The van der Waals surface area contributed by atoms with Crippen LogP contribution in [0.2, 0.25) is 0 Å². The van der Waals surface area contributed by atoms with Crippen LogP contribution >= 0.6 is 11.8 Å². The molecule has 148 valence electrons. The monoisotopic (exact) mass is 398 g/mol. The lowest BCUT2D eigenvalue weighted by Gasteiger charge is -2.10. The highest BCUT2D eigenvalue weighted by Gasteiger charge is 2.16. The second-order valence-corrected chi connectivity index (χ2v) is 8.04. The zero-order valence-corrected chi connectivity index (χ0v) is 16.9. The van der Waals surface area contributed by atoms with Crippen LogP contribution in [0.25, 0.3) is 0 Å². The van der Waals surface area contributed by atoms with E-state index >= 15 is 0 Å². The number of amides is 2. The van der Waals surface area contributed by atoms with E-state index in [2.05, 4.69) is 10.6 Å². The van der Waals surface area contributed by atoms with Gasteiger partial charge < -0.3 is 15.4 Å². The van der Waals surface area contributed by atoms with Gasteiger partial charge in [0.05, 0.1) is 12.4 Å². The smallest absolute Gasteiger partial charge is 0.255 e. The number of carbonyl (C=O) groups excluding carboxylic acids is 2. The molecule has 0 bridgehead atoms. The molecule has 0 unspecified atom stereocenters. The first-order chi connectivity index (χ1) is 13.6. The van der Waals surface area contributed by atoms with Gasteiger partial charge in [0.25, 0.3) is 5.91 Å². The Hall–Kier alpha value is -2.47. The van der Waals surface area contributed by atoms with Crippen molar-refractivity contribution in [2.75, 3.05) is 23.0 Å². The van der Waals surface area contributed by atoms with E-state index < -0.39 is 0 Å². The molecule has 1 aliphatic rings. The molecule has 5 nitrogen and oxygen atoms in total. The van der Waals surface area contributed by atoms with Gasteiger partial charge in [0, 0.05) is 22.2 Å². The number of rotatable bonds is 8. The van der Waals surface area contributed by atoms with E-state index in [1.807, 2.05) is 19.1 Å². The Morgan fingerprint density at radius 3 is 2.21 bits per heavy atom. The van der Waals surface area contributed by atoms with Crippen molar-refractivity contribution >= 4 is 35.0 Å². The van der Waals surface area contributed by atoms with Gasteiger partial charge in [-0.25, -0.2) is 0 Å². The highest BCUT2D eigenvalue weighted by molar-refractivity contribution is 8.00. The molecule has 0 spiro atoms. The average Bonchev–Trinajstić information content (AvgIpc) is 3.22. The van der Waals surface area contributed by atoms with Gasteiger partial charge in [-0.05, 0) is 68.3 Å². The number of hydrogen-bond donors (Lipinski definition) is 2. The maximum Gasteiger partial charge on any atom is 0.255 e. The lowest BCUT2D eigenvalue weighted by molar-refractivity contribution is -0.113. The maximum absolute atomic E-state index is 12.4. The van der Waals surface area contributed by atoms with Crippen LogP contribution in [0, 0.1) is 0 Å². The molecule has 28 heavy (non-hydrogen) atoms. The summed E-state index contributed by atoms with van der Waals surface area (Å²) < 4.78 is 5.39. The summed E-state index contributed by atoms with van der Waals surface area (Å²) in [4.78, 5) is 24.5. The van der Waals surface area contributed by atoms with Gasteiger partial charge in [-0.1, -0.05) is 12.8 Å². The Kier molecular flexibility index (Phi) is 7.37. The largest absolute Gasteiger partial charge is 0.494 e. The SMILES string of the molecule is CCOc1ccc(NC(=O)c2ccc(NC(=O)CSC3CCCC3)cc2)cc1. The summed E-state index contributed by atoms with van der Waals surface area (Å²) in [6.45, 7) is 2.53. The molecule has 2 amide bonds. The van der Waals surface area contributed by atoms with Crippen LogP contribution in [0.15, 0.2) is 48.5 Å². The van der Waals surface area contributed by atoms with Crippen LogP contribution in [0.4, 0.5) is 11.4 Å². The van der Waals surface area contributed by atoms with Gasteiger partial charge in [0.15, 0.2) is 0 Å². The zero-order chi connectivity index (χ0) is 19.8. The number of nitrogens with one attached hydrogen (secondary N) is 2. The zero-order valence-electron chi connectivity index (χ0n) is 16.1. The van der Waals surface area contributed by atoms with Gasteiger partial charge in [-0.3, -0.25) is 9.59 Å². The molecule has 0 atom stereocenters. The average molecular weight is 399 g/mol. The van der Waals surface area contributed by atoms with E-state index in [4.69, 9.17) is 4.74 Å². The molecule has 3 rings (SSSR count). The number of hydrogen-bond acceptors (Lipinski definition) is 4. The molecule has 0 aliphatic heterocycles. The standard InChI is InChI=1S/C22H26N2O3S/c1-2-27-19-13-11-18(12-14-19)24-22(26)16-7-9-17(10-8-16)23-21(25)15-28-20-5-3-4-6-20/h7-14,20H,2-6,15H2,1H3,(H,23,25)(H,24,26). The van der Waals surface area contributed by atoms with Crippen molar-refractivity contribution in [1.82, 2.24) is 0 Å². The Bertz CT molecular complexity index is 784. The molecule has 0 radical (unpaired) electrons. The van der Waals surface area contributed by atoms with Crippen LogP contribution in [0.3, 0.4) is 0 Å². The van der Waals surface area contributed by atoms with Crippen LogP contribution < -0.4 is 15.4 Å². The molecule has 6 heteroatoms. The molecule has 0 aromatic heterocycles. The fourth-order valence-electron chi connectivity index (χ4n) is 3.15. The van der Waals surface area contributed by atoms with E-state index in [9.17, 15) is 9.59 Å². The quantitative estimate of drug-likeness (QED) is 0.660. The van der Waals surface area contributed by atoms with E-state index in [0.29, 0.717) is 34.5 Å². The second-order valence-electron chi connectivity index (χ2n) is 6.75. The van der Waals surface area contributed by atoms with Crippen LogP contribution in [-0.2, 0) is 4.79 Å². The summed E-state index contributed by atoms with van der Waals surface area (Å²) in [7, 11) is 0. The van der Waals surface area contributed by atoms with Crippen molar-refractivity contribution in [2.45, 2.75) is 37.9 Å². The normalized spacial score (nSPS) is 13.9. The van der Waals surface area contributed by atoms with Gasteiger partial charge in [0.1, 0.15) is 5.75 Å². The topological polar surface area (TPSA) is 67.4 Å². The van der Waals surface area contributed by atoms with Crippen LogP contribution in [0.5, 0.6) is 5.75 Å². The Labute approximate surface area is 170 Å². The molecule has 0 saturated heterocycles. The number of carbonyl (C=O) groups is 2. The Balaban J connectivity index is 1.48. The minimum atomic E-state index is -0.196. The van der Waals surface area contributed by atoms with Crippen molar-refractivity contribution in [3.8, 4) is 5.75 Å². The third-order valence-electron chi connectivity index (χ3n) is 4.61. The first-order valence-electron chi connectivity index (χ1n) is 9.70. The molecule has 1 aliphatic carbocycles. The van der Waals surface area contributed by atoms with Crippen LogP contribution in [0.1, 0.15) is 43.0 Å². The van der Waals surface area contributed by atoms with Gasteiger partial charge >= 0.3 is 0 Å². The highest BCUT2D eigenvalue weighted by Crippen LogP contribution is 2.29. The predicted molar refractivity (Wildman–Crippen MR) is 115 cm³/mol. The summed E-state index contributed by atoms with van der Waals surface area (Å²) >= 11 is 1.74. The van der Waals surface area contributed by atoms with Crippen LogP contribution in [-0.4, -0.2) is 29.4 Å². The number of benzene rings is 2. The molecule has 2 aromatic carbocycles. The molecular formula is C22H26N2O3S. The fourth-order valence-corrected chi connectivity index (χ4v) is 4.28. The van der Waals surface area contributed by atoms with E-state index in [1.54, 1.807) is 48.2 Å². The molecule has 2 aromatic rings. The fraction of sp³-hybridized carbons (Fsp3) is 0.364. The van der Waals surface area contributed by atoms with E-state index in [0.717, 1.165) is 5.75 Å². The molecule has 0 heterocycles. The molecular weight excluding hydrogens is 372 g/mol. The summed E-state index contributed by atoms with van der Waals surface area (Å²) in [6.07, 6.45) is 4.99. The summed E-state index contributed by atoms with van der Waals surface area (Å²) in [6, 6.07) is 14.2. The lowest BCUT2D eigenvalue weighted by Crippen LogP contribution is -2.16. The van der Waals surface area contributed by atoms with Gasteiger partial charge in [-0.2, -0.15) is 0 Å². The molecule has 1 fully saturated rings. The van der Waals surface area contributed by atoms with Gasteiger partial charge in [-0.15, -0.1) is 11.8 Å². The predicted octanol–water partition coefficient (Wildman–Crippen LogP) is 4.95. The highest BCUT2D eigenvalue weighted by atomic mass is 32.2. The minimum Gasteiger partial charge on any atom is -0.494 e. The second kappa shape index (κ2) is 10.2. The number of anilines is 2. The third kappa shape index (κ3) is 6.02. The van der Waals surface area contributed by atoms with E-state index in [-0.39, 0.29) is 11.8 Å². The van der Waals surface area contributed by atoms with Crippen molar-refractivity contribution in [3.63, 3.8) is 0 Å². The van der Waals surface area contributed by atoms with E-state index in [1.165, 1.54) is 25.7 Å². The summed E-state index contributed by atoms with van der Waals surface area (Å²) in [5, 5.41) is 6.37. The van der Waals surface area contributed by atoms with Crippen molar-refractivity contribution in [3.05, 3.63) is 54.1 Å². The van der Waals surface area contributed by atoms with Crippen molar-refractivity contribution in [2.24, 2.45) is 0 Å². The Morgan fingerprint density at radius 1 is 0.964 bits per heavy atom. The first-order valence-corrected chi connectivity index (χ1v) is 10.7. The Morgan fingerprint density at radius 2 is 1.57 bits per heavy atom. The number of thioether (sulfide) groups is 1. The maximum atomic E-state index is 12.4. The van der Waals surface area contributed by atoms with Crippen molar-refractivity contribution in [1.29, 1.82) is 0 Å². The summed E-state index contributed by atoms with van der Waals surface area (Å²) in [5.41, 5.74) is 1.94.